The van der Waals surface area contributed by atoms with Crippen LogP contribution in [0.3, 0.4) is 0 Å². The maximum atomic E-state index is 12.1. The van der Waals surface area contributed by atoms with Crippen LogP contribution in [0.4, 0.5) is 0 Å². The second-order valence-electron chi connectivity index (χ2n) is 5.15. The van der Waals surface area contributed by atoms with E-state index in [0.717, 1.165) is 19.4 Å². The Morgan fingerprint density at radius 2 is 2.00 bits per heavy atom. The van der Waals surface area contributed by atoms with Gasteiger partial charge in [0.05, 0.1) is 18.1 Å². The lowest BCUT2D eigenvalue weighted by atomic mass is 9.89. The fraction of sp³-hybridized carbons (Fsp3) is 0.923. The molecule has 1 saturated heterocycles. The molecule has 0 aromatic heterocycles. The standard InChI is InChI=1S/C13H24BrNO2/c1-8(14)6-5-7-15-13(16)12-9(2)10(3)17-11(12)4/h8-12H,5-7H2,1-4H3,(H,15,16). The van der Waals surface area contributed by atoms with E-state index in [0.29, 0.717) is 10.7 Å². The maximum Gasteiger partial charge on any atom is 0.226 e. The summed E-state index contributed by atoms with van der Waals surface area (Å²) in [6.07, 6.45) is 2.32. The largest absolute Gasteiger partial charge is 0.374 e. The van der Waals surface area contributed by atoms with Crippen LogP contribution in [0.5, 0.6) is 0 Å². The minimum atomic E-state index is 0.00592. The number of hydrogen-bond donors (Lipinski definition) is 1. The highest BCUT2D eigenvalue weighted by atomic mass is 79.9. The second kappa shape index (κ2) is 6.74. The van der Waals surface area contributed by atoms with Crippen LogP contribution in [0.1, 0.15) is 40.5 Å². The molecular weight excluding hydrogens is 282 g/mol. The van der Waals surface area contributed by atoms with E-state index in [1.807, 2.05) is 13.8 Å². The number of carbonyl (C=O) groups is 1. The molecule has 1 aliphatic rings. The molecule has 1 fully saturated rings. The molecule has 1 aliphatic heterocycles. The van der Waals surface area contributed by atoms with Crippen molar-refractivity contribution in [3.63, 3.8) is 0 Å². The minimum absolute atomic E-state index is 0.00592. The molecule has 5 unspecified atom stereocenters. The Morgan fingerprint density at radius 1 is 1.35 bits per heavy atom. The van der Waals surface area contributed by atoms with E-state index in [1.165, 1.54) is 0 Å². The van der Waals surface area contributed by atoms with Crippen molar-refractivity contribution >= 4 is 21.8 Å². The zero-order valence-electron chi connectivity index (χ0n) is 11.2. The van der Waals surface area contributed by atoms with Gasteiger partial charge in [0.1, 0.15) is 0 Å². The number of rotatable bonds is 5. The summed E-state index contributed by atoms with van der Waals surface area (Å²) in [7, 11) is 0. The second-order valence-corrected chi connectivity index (χ2v) is 6.71. The molecule has 0 bridgehead atoms. The Labute approximate surface area is 113 Å². The van der Waals surface area contributed by atoms with Crippen LogP contribution in [0.2, 0.25) is 0 Å². The third kappa shape index (κ3) is 4.25. The average molecular weight is 306 g/mol. The Bertz CT molecular complexity index is 258. The Balaban J connectivity index is 2.32. The molecule has 0 radical (unpaired) electrons. The van der Waals surface area contributed by atoms with Crippen LogP contribution >= 0.6 is 15.9 Å². The molecule has 3 nitrogen and oxygen atoms in total. The summed E-state index contributed by atoms with van der Waals surface area (Å²) < 4.78 is 5.68. The zero-order chi connectivity index (χ0) is 13.0. The monoisotopic (exact) mass is 305 g/mol. The highest BCUT2D eigenvalue weighted by Crippen LogP contribution is 2.32. The Kier molecular flexibility index (Phi) is 5.93. The zero-order valence-corrected chi connectivity index (χ0v) is 12.8. The quantitative estimate of drug-likeness (QED) is 0.626. The number of ether oxygens (including phenoxy) is 1. The number of hydrogen-bond acceptors (Lipinski definition) is 2. The first kappa shape index (κ1) is 15.0. The highest BCUT2D eigenvalue weighted by molar-refractivity contribution is 9.09. The number of alkyl halides is 1. The van der Waals surface area contributed by atoms with E-state index in [2.05, 4.69) is 35.1 Å². The number of carbonyl (C=O) groups excluding carboxylic acids is 1. The Morgan fingerprint density at radius 3 is 2.47 bits per heavy atom. The smallest absolute Gasteiger partial charge is 0.226 e. The van der Waals surface area contributed by atoms with Crippen molar-refractivity contribution in [3.8, 4) is 0 Å². The van der Waals surface area contributed by atoms with Crippen molar-refractivity contribution < 1.29 is 9.53 Å². The van der Waals surface area contributed by atoms with Gasteiger partial charge in [0, 0.05) is 11.4 Å². The van der Waals surface area contributed by atoms with Gasteiger partial charge in [0.2, 0.25) is 5.91 Å². The number of halogens is 1. The lowest BCUT2D eigenvalue weighted by Gasteiger charge is -2.18. The van der Waals surface area contributed by atoms with Crippen molar-refractivity contribution in [3.05, 3.63) is 0 Å². The molecule has 0 saturated carbocycles. The fourth-order valence-electron chi connectivity index (χ4n) is 2.43. The molecule has 0 aromatic rings. The van der Waals surface area contributed by atoms with Gasteiger partial charge in [-0.1, -0.05) is 29.8 Å². The molecular formula is C13H24BrNO2. The SMILES string of the molecule is CC(Br)CCCNC(=O)C1C(C)OC(C)C1C. The van der Waals surface area contributed by atoms with Crippen molar-refractivity contribution in [2.24, 2.45) is 11.8 Å². The molecule has 0 aromatic carbocycles. The summed E-state index contributed by atoms with van der Waals surface area (Å²) in [5.74, 6) is 0.461. The maximum absolute atomic E-state index is 12.1. The average Bonchev–Trinajstić information content (AvgIpc) is 2.48. The van der Waals surface area contributed by atoms with Crippen molar-refractivity contribution in [1.82, 2.24) is 5.32 Å². The van der Waals surface area contributed by atoms with Crippen LogP contribution in [0, 0.1) is 11.8 Å². The molecule has 0 spiro atoms. The van der Waals surface area contributed by atoms with Gasteiger partial charge in [-0.05, 0) is 32.6 Å². The van der Waals surface area contributed by atoms with E-state index in [9.17, 15) is 4.79 Å². The summed E-state index contributed by atoms with van der Waals surface area (Å²) in [5.41, 5.74) is 0. The molecule has 17 heavy (non-hydrogen) atoms. The summed E-state index contributed by atoms with van der Waals surface area (Å²) in [6.45, 7) is 9.02. The number of amides is 1. The lowest BCUT2D eigenvalue weighted by Crippen LogP contribution is -2.37. The minimum Gasteiger partial charge on any atom is -0.374 e. The van der Waals surface area contributed by atoms with Crippen molar-refractivity contribution in [1.29, 1.82) is 0 Å². The first-order valence-electron chi connectivity index (χ1n) is 6.50. The van der Waals surface area contributed by atoms with E-state index >= 15 is 0 Å². The van der Waals surface area contributed by atoms with E-state index in [-0.39, 0.29) is 24.0 Å². The molecule has 100 valence electrons. The highest BCUT2D eigenvalue weighted by Gasteiger charge is 2.41. The van der Waals surface area contributed by atoms with E-state index in [1.54, 1.807) is 0 Å². The van der Waals surface area contributed by atoms with Gasteiger partial charge < -0.3 is 10.1 Å². The molecule has 5 atom stereocenters. The first-order chi connectivity index (χ1) is 7.93. The van der Waals surface area contributed by atoms with Gasteiger partial charge in [0.25, 0.3) is 0 Å². The van der Waals surface area contributed by atoms with Crippen LogP contribution in [-0.4, -0.2) is 29.5 Å². The van der Waals surface area contributed by atoms with Gasteiger partial charge in [-0.2, -0.15) is 0 Å². The molecule has 1 heterocycles. The summed E-state index contributed by atoms with van der Waals surface area (Å²) in [6, 6.07) is 0. The lowest BCUT2D eigenvalue weighted by molar-refractivity contribution is -0.127. The molecule has 0 aliphatic carbocycles. The topological polar surface area (TPSA) is 38.3 Å². The predicted octanol–water partition coefficient (Wildman–Crippen LogP) is 2.73. The fourth-order valence-corrected chi connectivity index (χ4v) is 2.76. The van der Waals surface area contributed by atoms with Crippen LogP contribution in [0.25, 0.3) is 0 Å². The predicted molar refractivity (Wildman–Crippen MR) is 73.3 cm³/mol. The van der Waals surface area contributed by atoms with E-state index < -0.39 is 0 Å². The molecule has 1 rings (SSSR count). The van der Waals surface area contributed by atoms with Gasteiger partial charge >= 0.3 is 0 Å². The van der Waals surface area contributed by atoms with Gasteiger partial charge in [-0.15, -0.1) is 0 Å². The molecule has 1 amide bonds. The van der Waals surface area contributed by atoms with E-state index in [4.69, 9.17) is 4.74 Å². The molecule has 1 N–H and O–H groups in total. The third-order valence-corrected chi connectivity index (χ3v) is 4.08. The third-order valence-electron chi connectivity index (χ3n) is 3.62. The van der Waals surface area contributed by atoms with Gasteiger partial charge in [0.15, 0.2) is 0 Å². The van der Waals surface area contributed by atoms with Gasteiger partial charge in [-0.25, -0.2) is 0 Å². The van der Waals surface area contributed by atoms with Crippen LogP contribution in [-0.2, 0) is 9.53 Å². The summed E-state index contributed by atoms with van der Waals surface area (Å²) in [4.78, 5) is 12.6. The van der Waals surface area contributed by atoms with Crippen LogP contribution < -0.4 is 5.32 Å². The van der Waals surface area contributed by atoms with Crippen molar-refractivity contribution in [2.75, 3.05) is 6.54 Å². The normalized spacial score (nSPS) is 34.6. The summed E-state index contributed by atoms with van der Waals surface area (Å²) >= 11 is 3.50. The Hall–Kier alpha value is -0.0900. The first-order valence-corrected chi connectivity index (χ1v) is 7.42. The van der Waals surface area contributed by atoms with Gasteiger partial charge in [-0.3, -0.25) is 4.79 Å². The molecule has 4 heteroatoms. The van der Waals surface area contributed by atoms with Crippen molar-refractivity contribution in [2.45, 2.75) is 57.6 Å². The van der Waals surface area contributed by atoms with Crippen LogP contribution in [0.15, 0.2) is 0 Å². The number of nitrogens with one attached hydrogen (secondary N) is 1. The summed E-state index contributed by atoms with van der Waals surface area (Å²) in [5, 5.41) is 3.02.